The Hall–Kier alpha value is -1.38. The second-order valence-electron chi connectivity index (χ2n) is 6.29. The van der Waals surface area contributed by atoms with Crippen LogP contribution in [0, 0.1) is 5.92 Å². The van der Waals surface area contributed by atoms with Crippen LogP contribution in [0.2, 0.25) is 0 Å². The molecule has 0 spiro atoms. The van der Waals surface area contributed by atoms with Gasteiger partial charge in [-0.3, -0.25) is 14.8 Å². The molecular weight excluding hydrogens is 429 g/mol. The first-order valence-corrected chi connectivity index (χ1v) is 8.92. The summed E-state index contributed by atoms with van der Waals surface area (Å²) < 4.78 is 0. The first-order valence-electron chi connectivity index (χ1n) is 8.92. The van der Waals surface area contributed by atoms with E-state index in [9.17, 15) is 4.79 Å². The van der Waals surface area contributed by atoms with Gasteiger partial charge < -0.3 is 16.0 Å². The summed E-state index contributed by atoms with van der Waals surface area (Å²) in [5.74, 6) is 1.45. The van der Waals surface area contributed by atoms with E-state index in [1.807, 2.05) is 6.07 Å². The Bertz CT molecular complexity index is 517. The molecule has 1 amide bonds. The molecule has 1 aromatic heterocycles. The van der Waals surface area contributed by atoms with E-state index in [2.05, 4.69) is 25.9 Å². The van der Waals surface area contributed by atoms with Gasteiger partial charge >= 0.3 is 0 Å². The topological polar surface area (TPSA) is 78.4 Å². The number of amides is 1. The second-order valence-corrected chi connectivity index (χ2v) is 6.29. The lowest BCUT2D eigenvalue weighted by Crippen LogP contribution is -2.41. The van der Waals surface area contributed by atoms with Crippen molar-refractivity contribution in [2.45, 2.75) is 44.9 Å². The molecule has 0 saturated heterocycles. The maximum absolute atomic E-state index is 11.9. The van der Waals surface area contributed by atoms with Gasteiger partial charge in [0.2, 0.25) is 5.91 Å². The molecule has 0 unspecified atom stereocenters. The number of anilines is 1. The third-order valence-corrected chi connectivity index (χ3v) is 4.39. The minimum atomic E-state index is -0.117. The van der Waals surface area contributed by atoms with Crippen molar-refractivity contribution >= 4 is 41.5 Å². The fraction of sp³-hybridized carbons (Fsp3) is 0.611. The van der Waals surface area contributed by atoms with Crippen molar-refractivity contribution in [2.24, 2.45) is 10.9 Å². The summed E-state index contributed by atoms with van der Waals surface area (Å²) in [6, 6.07) is 3.60. The maximum Gasteiger partial charge on any atom is 0.243 e. The Balaban J connectivity index is 0.00000312. The Morgan fingerprint density at radius 2 is 2.08 bits per heavy atom. The van der Waals surface area contributed by atoms with Crippen molar-refractivity contribution in [3.8, 4) is 0 Å². The van der Waals surface area contributed by atoms with E-state index in [1.54, 1.807) is 25.5 Å². The van der Waals surface area contributed by atoms with Gasteiger partial charge in [0.15, 0.2) is 5.96 Å². The van der Waals surface area contributed by atoms with Crippen molar-refractivity contribution in [1.82, 2.24) is 15.6 Å². The van der Waals surface area contributed by atoms with Crippen molar-refractivity contribution in [2.75, 3.05) is 25.5 Å². The number of aromatic nitrogens is 1. The van der Waals surface area contributed by atoms with E-state index in [1.165, 1.54) is 38.5 Å². The molecule has 3 N–H and O–H groups in total. The summed E-state index contributed by atoms with van der Waals surface area (Å²) in [5, 5.41) is 9.09. The van der Waals surface area contributed by atoms with Gasteiger partial charge in [0, 0.05) is 19.8 Å². The van der Waals surface area contributed by atoms with Crippen LogP contribution in [-0.4, -0.2) is 37.0 Å². The molecule has 1 heterocycles. The van der Waals surface area contributed by atoms with Crippen LogP contribution in [0.1, 0.15) is 44.9 Å². The van der Waals surface area contributed by atoms with Crippen LogP contribution in [-0.2, 0) is 4.79 Å². The van der Waals surface area contributed by atoms with E-state index in [-0.39, 0.29) is 36.4 Å². The molecule has 0 aromatic carbocycles. The number of rotatable bonds is 7. The number of hydrogen-bond donors (Lipinski definition) is 3. The fourth-order valence-electron chi connectivity index (χ4n) is 3.10. The summed E-state index contributed by atoms with van der Waals surface area (Å²) in [7, 11) is 1.72. The van der Waals surface area contributed by atoms with Crippen LogP contribution in [0.3, 0.4) is 0 Å². The highest BCUT2D eigenvalue weighted by Gasteiger charge is 2.12. The van der Waals surface area contributed by atoms with Crippen molar-refractivity contribution < 1.29 is 4.79 Å². The summed E-state index contributed by atoms with van der Waals surface area (Å²) >= 11 is 0. The highest BCUT2D eigenvalue weighted by Crippen LogP contribution is 2.26. The van der Waals surface area contributed by atoms with Gasteiger partial charge in [-0.25, -0.2) is 0 Å². The standard InChI is InChI=1S/C18H29N5O.HI/c1-19-18(21-12-5-9-15-7-3-2-4-8-15)22-14-17(24)23-16-10-6-11-20-13-16;/h6,10-11,13,15H,2-5,7-9,12,14H2,1H3,(H,23,24)(H2,19,21,22);1H. The third-order valence-electron chi connectivity index (χ3n) is 4.39. The first kappa shape index (κ1) is 21.7. The largest absolute Gasteiger partial charge is 0.356 e. The van der Waals surface area contributed by atoms with Crippen LogP contribution in [0.15, 0.2) is 29.5 Å². The predicted molar refractivity (Wildman–Crippen MR) is 113 cm³/mol. The first-order chi connectivity index (χ1) is 11.8. The monoisotopic (exact) mass is 459 g/mol. The average Bonchev–Trinajstić information content (AvgIpc) is 2.63. The van der Waals surface area contributed by atoms with Gasteiger partial charge in [-0.05, 0) is 30.9 Å². The number of halogens is 1. The van der Waals surface area contributed by atoms with E-state index < -0.39 is 0 Å². The summed E-state index contributed by atoms with van der Waals surface area (Å²) in [6.45, 7) is 1.07. The van der Waals surface area contributed by atoms with Gasteiger partial charge in [-0.2, -0.15) is 0 Å². The van der Waals surface area contributed by atoms with E-state index in [4.69, 9.17) is 0 Å². The molecule has 140 valence electrons. The molecule has 1 aliphatic carbocycles. The zero-order valence-corrected chi connectivity index (χ0v) is 17.3. The molecule has 0 bridgehead atoms. The Kier molecular flexibility index (Phi) is 11.2. The Morgan fingerprint density at radius 3 is 2.76 bits per heavy atom. The minimum Gasteiger partial charge on any atom is -0.356 e. The Labute approximate surface area is 167 Å². The molecule has 25 heavy (non-hydrogen) atoms. The SMILES string of the molecule is CN=C(NCCCC1CCCCC1)NCC(=O)Nc1cccnc1.I. The van der Waals surface area contributed by atoms with E-state index in [0.717, 1.165) is 18.9 Å². The van der Waals surface area contributed by atoms with Gasteiger partial charge in [0.1, 0.15) is 0 Å². The van der Waals surface area contributed by atoms with Crippen molar-refractivity contribution in [3.05, 3.63) is 24.5 Å². The van der Waals surface area contributed by atoms with Crippen LogP contribution >= 0.6 is 24.0 Å². The van der Waals surface area contributed by atoms with Crippen molar-refractivity contribution in [3.63, 3.8) is 0 Å². The zero-order chi connectivity index (χ0) is 17.0. The molecule has 0 aliphatic heterocycles. The van der Waals surface area contributed by atoms with Crippen LogP contribution < -0.4 is 16.0 Å². The average molecular weight is 459 g/mol. The molecule has 1 aliphatic rings. The van der Waals surface area contributed by atoms with Crippen molar-refractivity contribution in [1.29, 1.82) is 0 Å². The molecule has 1 aromatic rings. The number of aliphatic imine (C=N–C) groups is 1. The fourth-order valence-corrected chi connectivity index (χ4v) is 3.10. The number of carbonyl (C=O) groups is 1. The van der Waals surface area contributed by atoms with Crippen LogP contribution in [0.5, 0.6) is 0 Å². The summed E-state index contributed by atoms with van der Waals surface area (Å²) in [5.41, 5.74) is 0.694. The molecule has 2 rings (SSSR count). The lowest BCUT2D eigenvalue weighted by Gasteiger charge is -2.21. The van der Waals surface area contributed by atoms with Gasteiger partial charge in [0.05, 0.1) is 18.4 Å². The smallest absolute Gasteiger partial charge is 0.243 e. The second kappa shape index (κ2) is 12.9. The number of nitrogens with zero attached hydrogens (tertiary/aromatic N) is 2. The summed E-state index contributed by atoms with van der Waals surface area (Å²) in [4.78, 5) is 20.0. The normalized spacial score (nSPS) is 15.2. The molecule has 1 fully saturated rings. The third kappa shape index (κ3) is 9.04. The summed E-state index contributed by atoms with van der Waals surface area (Å²) in [6.07, 6.45) is 12.7. The van der Waals surface area contributed by atoms with Gasteiger partial charge in [-0.1, -0.05) is 32.1 Å². The number of nitrogens with one attached hydrogen (secondary N) is 3. The molecular formula is C18H30IN5O. The number of carbonyl (C=O) groups excluding carboxylic acids is 1. The zero-order valence-electron chi connectivity index (χ0n) is 15.0. The molecule has 7 heteroatoms. The molecule has 0 atom stereocenters. The van der Waals surface area contributed by atoms with Gasteiger partial charge in [0.25, 0.3) is 0 Å². The number of pyridine rings is 1. The number of hydrogen-bond acceptors (Lipinski definition) is 3. The lowest BCUT2D eigenvalue weighted by atomic mass is 9.86. The van der Waals surface area contributed by atoms with Crippen LogP contribution in [0.4, 0.5) is 5.69 Å². The van der Waals surface area contributed by atoms with Crippen LogP contribution in [0.25, 0.3) is 0 Å². The highest BCUT2D eigenvalue weighted by molar-refractivity contribution is 14.0. The molecule has 1 saturated carbocycles. The van der Waals surface area contributed by atoms with E-state index in [0.29, 0.717) is 11.6 Å². The molecule has 6 nitrogen and oxygen atoms in total. The highest BCUT2D eigenvalue weighted by atomic mass is 127. The lowest BCUT2D eigenvalue weighted by molar-refractivity contribution is -0.115. The molecule has 0 radical (unpaired) electrons. The maximum atomic E-state index is 11.9. The predicted octanol–water partition coefficient (Wildman–Crippen LogP) is 3.16. The quantitative estimate of drug-likeness (QED) is 0.253. The van der Waals surface area contributed by atoms with Gasteiger partial charge in [-0.15, -0.1) is 24.0 Å². The Morgan fingerprint density at radius 1 is 1.28 bits per heavy atom. The number of guanidine groups is 1. The van der Waals surface area contributed by atoms with E-state index >= 15 is 0 Å². The minimum absolute atomic E-state index is 0.